The molecule has 1 unspecified atom stereocenters. The predicted octanol–water partition coefficient (Wildman–Crippen LogP) is -0.320. The number of nitriles is 1. The number of hydrogen-bond acceptors (Lipinski definition) is 10. The number of anilines is 1. The fraction of sp³-hybridized carbons (Fsp3) is 0.433. The van der Waals surface area contributed by atoms with Crippen molar-refractivity contribution in [1.82, 2.24) is 24.8 Å². The Morgan fingerprint density at radius 1 is 1.10 bits per heavy atom. The van der Waals surface area contributed by atoms with Gasteiger partial charge in [0.15, 0.2) is 0 Å². The van der Waals surface area contributed by atoms with Crippen LogP contribution in [0, 0.1) is 11.3 Å². The van der Waals surface area contributed by atoms with Gasteiger partial charge in [-0.3, -0.25) is 4.79 Å². The number of aromatic nitrogens is 3. The Morgan fingerprint density at radius 2 is 1.90 bits per heavy atom. The van der Waals surface area contributed by atoms with E-state index in [0.717, 1.165) is 62.4 Å². The van der Waals surface area contributed by atoms with E-state index in [1.165, 1.54) is 16.4 Å². The SMILES string of the molecule is N#Cc1cc(-c2ncnc([AsH]c3ccc(N4CCN(C5COC5)CC4)cc3)n2)ccc1O[C@@H]1CCCN(C(=O)CO)C1. The van der Waals surface area contributed by atoms with Gasteiger partial charge in [-0.1, -0.05) is 0 Å². The van der Waals surface area contributed by atoms with E-state index >= 15 is 0 Å². The van der Waals surface area contributed by atoms with Gasteiger partial charge in [-0.25, -0.2) is 0 Å². The molecule has 0 aliphatic carbocycles. The molecule has 42 heavy (non-hydrogen) atoms. The number of piperazine rings is 1. The van der Waals surface area contributed by atoms with Crippen LogP contribution in [0.4, 0.5) is 5.69 Å². The summed E-state index contributed by atoms with van der Waals surface area (Å²) in [6, 6.07) is 16.9. The van der Waals surface area contributed by atoms with Gasteiger partial charge in [0, 0.05) is 0 Å². The monoisotopic (exact) mass is 631 g/mol. The molecule has 0 spiro atoms. The van der Waals surface area contributed by atoms with Crippen molar-refractivity contribution < 1.29 is 19.4 Å². The summed E-state index contributed by atoms with van der Waals surface area (Å²) in [7, 11) is 0. The van der Waals surface area contributed by atoms with Crippen LogP contribution in [0.25, 0.3) is 11.4 Å². The minimum absolute atomic E-state index is 0.236. The number of nitrogens with zero attached hydrogens (tertiary/aromatic N) is 7. The zero-order valence-corrected chi connectivity index (χ0v) is 25.5. The molecule has 3 aliphatic heterocycles. The number of amides is 1. The van der Waals surface area contributed by atoms with Gasteiger partial charge in [0.1, 0.15) is 6.61 Å². The Hall–Kier alpha value is -3.55. The van der Waals surface area contributed by atoms with Gasteiger partial charge in [0.2, 0.25) is 0 Å². The molecule has 12 heteroatoms. The second-order valence-electron chi connectivity index (χ2n) is 10.7. The third-order valence-electron chi connectivity index (χ3n) is 8.03. The van der Waals surface area contributed by atoms with Crippen LogP contribution in [0.5, 0.6) is 5.75 Å². The third kappa shape index (κ3) is 6.58. The number of carbonyl (C=O) groups is 1. The van der Waals surface area contributed by atoms with Gasteiger partial charge in [0.05, 0.1) is 0 Å². The summed E-state index contributed by atoms with van der Waals surface area (Å²) in [5, 5.41) is 19.0. The fourth-order valence-electron chi connectivity index (χ4n) is 5.56. The van der Waals surface area contributed by atoms with Crippen LogP contribution >= 0.6 is 0 Å². The van der Waals surface area contributed by atoms with Crippen molar-refractivity contribution in [2.24, 2.45) is 0 Å². The third-order valence-corrected chi connectivity index (χ3v) is 10.3. The molecule has 0 radical (unpaired) electrons. The zero-order chi connectivity index (χ0) is 28.9. The number of benzene rings is 2. The normalized spacial score (nSPS) is 20.0. The van der Waals surface area contributed by atoms with Gasteiger partial charge in [-0.15, -0.1) is 0 Å². The number of carbonyl (C=O) groups excluding carboxylic acids is 1. The molecule has 2 aromatic carbocycles. The van der Waals surface area contributed by atoms with Crippen molar-refractivity contribution in [1.29, 1.82) is 5.26 Å². The maximum atomic E-state index is 11.9. The van der Waals surface area contributed by atoms with E-state index in [9.17, 15) is 15.2 Å². The molecule has 3 fully saturated rings. The quantitative estimate of drug-likeness (QED) is 0.331. The fourth-order valence-corrected chi connectivity index (χ4v) is 7.40. The van der Waals surface area contributed by atoms with Crippen LogP contribution < -0.4 is 18.6 Å². The molecule has 1 N–H and O–H groups in total. The van der Waals surface area contributed by atoms with E-state index in [2.05, 4.69) is 50.1 Å². The first kappa shape index (κ1) is 28.6. The number of aliphatic hydroxyl groups is 1. The molecular formula is C30H34AsN7O4. The standard InChI is InChI=1S/C30H34AsN7O4/c32-15-22-14-21(3-8-27(22)42-26-2-1-9-38(16-26)28(40)17-39)29-33-20-34-30(35-29)31-23-4-6-24(7-5-23)36-10-12-37(13-11-36)25-18-41-19-25/h3-8,14,20,25-26,31,39H,1-2,9-13,16-19H2/t26-/m1/s1. The van der Waals surface area contributed by atoms with Crippen LogP contribution in [0.15, 0.2) is 48.8 Å². The summed E-state index contributed by atoms with van der Waals surface area (Å²) in [6.45, 7) is 6.42. The maximum absolute atomic E-state index is 11.9. The first-order valence-electron chi connectivity index (χ1n) is 14.3. The first-order chi connectivity index (χ1) is 20.6. The van der Waals surface area contributed by atoms with Crippen molar-refractivity contribution in [3.63, 3.8) is 0 Å². The molecule has 1 aromatic heterocycles. The second kappa shape index (κ2) is 13.2. The van der Waals surface area contributed by atoms with Gasteiger partial charge in [-0.2, -0.15) is 0 Å². The number of aliphatic hydroxyl groups excluding tert-OH is 1. The molecule has 218 valence electrons. The van der Waals surface area contributed by atoms with Crippen molar-refractivity contribution in [2.75, 3.05) is 64.0 Å². The van der Waals surface area contributed by atoms with E-state index in [1.807, 2.05) is 6.07 Å². The molecule has 0 bridgehead atoms. The van der Waals surface area contributed by atoms with Crippen molar-refractivity contribution in [3.05, 3.63) is 54.4 Å². The Morgan fingerprint density at radius 3 is 2.62 bits per heavy atom. The molecule has 1 amide bonds. The molecule has 3 aromatic rings. The van der Waals surface area contributed by atoms with E-state index < -0.39 is 22.4 Å². The topological polar surface area (TPSA) is 128 Å². The molecule has 6 rings (SSSR count). The number of ether oxygens (including phenoxy) is 2. The van der Waals surface area contributed by atoms with Crippen LogP contribution in [0.3, 0.4) is 0 Å². The Kier molecular flexibility index (Phi) is 8.96. The number of hydrogen-bond donors (Lipinski definition) is 1. The molecule has 3 saturated heterocycles. The van der Waals surface area contributed by atoms with Crippen molar-refractivity contribution >= 4 is 36.3 Å². The van der Waals surface area contributed by atoms with E-state index in [4.69, 9.17) is 14.5 Å². The van der Waals surface area contributed by atoms with Gasteiger partial charge < -0.3 is 5.11 Å². The summed E-state index contributed by atoms with van der Waals surface area (Å²) in [5.74, 6) is 0.680. The Labute approximate surface area is 251 Å². The van der Waals surface area contributed by atoms with Crippen LogP contribution in [0.1, 0.15) is 18.4 Å². The average molecular weight is 632 g/mol. The van der Waals surface area contributed by atoms with Crippen molar-refractivity contribution in [3.8, 4) is 23.2 Å². The Bertz CT molecular complexity index is 1440. The number of piperidine rings is 1. The van der Waals surface area contributed by atoms with Crippen LogP contribution in [-0.2, 0) is 9.53 Å². The van der Waals surface area contributed by atoms with Gasteiger partial charge in [0.25, 0.3) is 0 Å². The summed E-state index contributed by atoms with van der Waals surface area (Å²) in [4.78, 5) is 32.0. The number of rotatable bonds is 8. The van der Waals surface area contributed by atoms with Crippen molar-refractivity contribution in [2.45, 2.75) is 25.0 Å². The van der Waals surface area contributed by atoms with Crippen LogP contribution in [0.2, 0.25) is 0 Å². The molecule has 11 nitrogen and oxygen atoms in total. The average Bonchev–Trinajstić information content (AvgIpc) is 3.01. The molecule has 0 saturated carbocycles. The molecular weight excluding hydrogens is 597 g/mol. The molecule has 3 aliphatic rings. The zero-order valence-electron chi connectivity index (χ0n) is 23.4. The van der Waals surface area contributed by atoms with E-state index in [-0.39, 0.29) is 12.0 Å². The molecule has 2 atom stereocenters. The van der Waals surface area contributed by atoms with Gasteiger partial charge in [-0.05, 0) is 0 Å². The molecule has 4 heterocycles. The van der Waals surface area contributed by atoms with Gasteiger partial charge >= 0.3 is 236 Å². The summed E-state index contributed by atoms with van der Waals surface area (Å²) in [5.41, 5.74) is 2.35. The minimum atomic E-state index is -0.768. The summed E-state index contributed by atoms with van der Waals surface area (Å²) in [6.07, 6.45) is 2.85. The van der Waals surface area contributed by atoms with Crippen LogP contribution in [-0.4, -0.2) is 123 Å². The Balaban J connectivity index is 1.08. The predicted molar refractivity (Wildman–Crippen MR) is 159 cm³/mol. The number of likely N-dealkylation sites (tertiary alicyclic amines) is 1. The summed E-state index contributed by atoms with van der Waals surface area (Å²) >= 11 is -0.768. The summed E-state index contributed by atoms with van der Waals surface area (Å²) < 4.78 is 13.5. The van der Waals surface area contributed by atoms with E-state index in [0.29, 0.717) is 36.3 Å². The van der Waals surface area contributed by atoms with E-state index in [1.54, 1.807) is 17.0 Å². The first-order valence-corrected chi connectivity index (χ1v) is 16.4. The second-order valence-corrected chi connectivity index (χ2v) is 13.4.